The van der Waals surface area contributed by atoms with Crippen molar-refractivity contribution in [2.45, 2.75) is 18.7 Å². The molecular weight excluding hydrogens is 303 g/mol. The molecule has 0 heterocycles. The van der Waals surface area contributed by atoms with Gasteiger partial charge in [-0.25, -0.2) is 9.59 Å². The Hall–Kier alpha value is -0.294. The van der Waals surface area contributed by atoms with Crippen molar-refractivity contribution in [3.8, 4) is 0 Å². The molecule has 0 atom stereocenters. The molecule has 0 saturated carbocycles. The summed E-state index contributed by atoms with van der Waals surface area (Å²) in [7, 11) is -4.69. The molecule has 0 unspecified atom stereocenters. The largest absolute Gasteiger partial charge is 1.00 e. The van der Waals surface area contributed by atoms with Gasteiger partial charge in [0.15, 0.2) is 0 Å². The van der Waals surface area contributed by atoms with Crippen LogP contribution in [0.25, 0.3) is 0 Å². The van der Waals surface area contributed by atoms with E-state index in [1.54, 1.807) is 0 Å². The van der Waals surface area contributed by atoms with E-state index in [-0.39, 0.29) is 63.9 Å². The molecule has 0 aliphatic heterocycles. The molecular formula is C10H11KO7S. The monoisotopic (exact) mass is 314 g/mol. The van der Waals surface area contributed by atoms with E-state index in [1.807, 2.05) is 0 Å². The summed E-state index contributed by atoms with van der Waals surface area (Å²) in [4.78, 5) is 21.2. The summed E-state index contributed by atoms with van der Waals surface area (Å²) in [6, 6.07) is 0.745. The summed E-state index contributed by atoms with van der Waals surface area (Å²) in [6.45, 7) is 2.44. The van der Waals surface area contributed by atoms with Crippen molar-refractivity contribution >= 4 is 22.1 Å². The van der Waals surface area contributed by atoms with Crippen LogP contribution in [0.5, 0.6) is 0 Å². The van der Waals surface area contributed by atoms with Gasteiger partial charge in [0.1, 0.15) is 0 Å². The van der Waals surface area contributed by atoms with Crippen molar-refractivity contribution in [1.29, 1.82) is 0 Å². The van der Waals surface area contributed by atoms with Crippen LogP contribution in [-0.4, -0.2) is 35.1 Å². The fourth-order valence-electron chi connectivity index (χ4n) is 1.70. The first-order chi connectivity index (χ1) is 8.07. The third-order valence-electron chi connectivity index (χ3n) is 2.52. The van der Waals surface area contributed by atoms with Gasteiger partial charge in [-0.15, -0.1) is 0 Å². The summed E-state index contributed by atoms with van der Waals surface area (Å²) in [5.74, 6) is -2.93. The molecule has 9 heteroatoms. The minimum absolute atomic E-state index is 0. The molecule has 3 N–H and O–H groups in total. The third kappa shape index (κ3) is 3.84. The standard InChI is InChI=1S/C10H10O7S.K.H/c1-4-6(9(11)12)3-7(18(15,16)17)5(2)8(4)10(13)14;;/h3H,1-2H3,(H,11,12)(H,13,14)(H,15,16,17);;/q;+1;-1. The fraction of sp³-hybridized carbons (Fsp3) is 0.200. The van der Waals surface area contributed by atoms with Crippen LogP contribution < -0.4 is 51.4 Å². The normalized spacial score (nSPS) is 10.7. The molecule has 0 bridgehead atoms. The quantitative estimate of drug-likeness (QED) is 0.437. The summed E-state index contributed by atoms with van der Waals surface area (Å²) in [5, 5.41) is 17.9. The molecule has 0 aliphatic rings. The van der Waals surface area contributed by atoms with Crippen LogP contribution in [0.2, 0.25) is 0 Å². The van der Waals surface area contributed by atoms with Crippen molar-refractivity contribution in [3.05, 3.63) is 28.3 Å². The summed E-state index contributed by atoms with van der Waals surface area (Å²) in [6.07, 6.45) is 0. The molecule has 1 aromatic carbocycles. The Morgan fingerprint density at radius 3 is 1.89 bits per heavy atom. The predicted octanol–water partition coefficient (Wildman–Crippen LogP) is -1.94. The molecule has 1 rings (SSSR count). The van der Waals surface area contributed by atoms with E-state index in [9.17, 15) is 18.0 Å². The second-order valence-electron chi connectivity index (χ2n) is 3.63. The van der Waals surface area contributed by atoms with E-state index in [4.69, 9.17) is 14.8 Å². The number of hydrogen-bond acceptors (Lipinski definition) is 4. The van der Waals surface area contributed by atoms with Crippen molar-refractivity contribution in [1.82, 2.24) is 0 Å². The molecule has 0 amide bonds. The van der Waals surface area contributed by atoms with Crippen LogP contribution in [-0.2, 0) is 10.1 Å². The molecule has 0 aliphatic carbocycles. The van der Waals surface area contributed by atoms with E-state index in [0.29, 0.717) is 0 Å². The summed E-state index contributed by atoms with van der Waals surface area (Å²) < 4.78 is 31.1. The first kappa shape index (κ1) is 18.7. The maximum absolute atomic E-state index is 11.1. The second kappa shape index (κ2) is 6.44. The molecule has 0 radical (unpaired) electrons. The van der Waals surface area contributed by atoms with Gasteiger partial charge in [-0.1, -0.05) is 0 Å². The van der Waals surface area contributed by atoms with E-state index in [0.717, 1.165) is 6.07 Å². The van der Waals surface area contributed by atoms with Crippen LogP contribution in [0.15, 0.2) is 11.0 Å². The second-order valence-corrected chi connectivity index (χ2v) is 5.02. The summed E-state index contributed by atoms with van der Waals surface area (Å²) >= 11 is 0. The molecule has 0 spiro atoms. The molecule has 100 valence electrons. The van der Waals surface area contributed by atoms with E-state index < -0.39 is 38.1 Å². The van der Waals surface area contributed by atoms with E-state index in [2.05, 4.69) is 0 Å². The van der Waals surface area contributed by atoms with Crippen molar-refractivity contribution in [2.24, 2.45) is 0 Å². The maximum Gasteiger partial charge on any atom is 1.00 e. The Bertz CT molecular complexity index is 654. The molecule has 19 heavy (non-hydrogen) atoms. The Morgan fingerprint density at radius 1 is 1.11 bits per heavy atom. The van der Waals surface area contributed by atoms with Gasteiger partial charge in [0.05, 0.1) is 16.0 Å². The molecule has 0 saturated heterocycles. The molecule has 0 fully saturated rings. The molecule has 0 aromatic heterocycles. The van der Waals surface area contributed by atoms with Crippen molar-refractivity contribution < 1.29 is 85.6 Å². The fourth-order valence-corrected chi connectivity index (χ4v) is 2.45. The zero-order valence-electron chi connectivity index (χ0n) is 11.5. The van der Waals surface area contributed by atoms with Gasteiger partial charge < -0.3 is 11.6 Å². The zero-order valence-corrected chi connectivity index (χ0v) is 14.4. The first-order valence-electron chi connectivity index (χ1n) is 4.65. The van der Waals surface area contributed by atoms with Crippen LogP contribution in [0.1, 0.15) is 33.3 Å². The Morgan fingerprint density at radius 2 is 1.58 bits per heavy atom. The van der Waals surface area contributed by atoms with Gasteiger partial charge in [-0.3, -0.25) is 4.55 Å². The number of carbonyl (C=O) groups is 2. The molecule has 7 nitrogen and oxygen atoms in total. The Labute approximate surface area is 153 Å². The average molecular weight is 314 g/mol. The first-order valence-corrected chi connectivity index (χ1v) is 6.09. The van der Waals surface area contributed by atoms with Crippen LogP contribution in [0, 0.1) is 13.8 Å². The average Bonchev–Trinajstić information content (AvgIpc) is 2.13. The van der Waals surface area contributed by atoms with Crippen molar-refractivity contribution in [2.75, 3.05) is 0 Å². The van der Waals surface area contributed by atoms with Crippen LogP contribution >= 0.6 is 0 Å². The van der Waals surface area contributed by atoms with Gasteiger partial charge in [0.2, 0.25) is 0 Å². The predicted molar refractivity (Wildman–Crippen MR) is 60.8 cm³/mol. The topological polar surface area (TPSA) is 129 Å². The molecule has 1 aromatic rings. The van der Waals surface area contributed by atoms with Crippen LogP contribution in [0.3, 0.4) is 0 Å². The van der Waals surface area contributed by atoms with Gasteiger partial charge in [-0.2, -0.15) is 8.42 Å². The summed E-state index contributed by atoms with van der Waals surface area (Å²) in [5.41, 5.74) is -1.19. The van der Waals surface area contributed by atoms with Crippen molar-refractivity contribution in [3.63, 3.8) is 0 Å². The smallest absolute Gasteiger partial charge is 1.00 e. The van der Waals surface area contributed by atoms with E-state index >= 15 is 0 Å². The minimum Gasteiger partial charge on any atom is -1.00 e. The van der Waals surface area contributed by atoms with Gasteiger partial charge in [0, 0.05) is 0 Å². The SMILES string of the molecule is Cc1c(C(=O)O)cc(S(=O)(=O)O)c(C)c1C(=O)O.[H-].[K+]. The van der Waals surface area contributed by atoms with Gasteiger partial charge >= 0.3 is 63.3 Å². The minimum atomic E-state index is -4.69. The van der Waals surface area contributed by atoms with Crippen LogP contribution in [0.4, 0.5) is 0 Å². The maximum atomic E-state index is 11.1. The number of aromatic carboxylic acids is 2. The number of rotatable bonds is 3. The zero-order chi connectivity index (χ0) is 14.2. The third-order valence-corrected chi connectivity index (χ3v) is 3.50. The van der Waals surface area contributed by atoms with E-state index in [1.165, 1.54) is 13.8 Å². The van der Waals surface area contributed by atoms with Gasteiger partial charge in [-0.05, 0) is 31.0 Å². The number of carboxylic acids is 2. The number of carboxylic acid groups (broad SMARTS) is 2. The Kier molecular flexibility index (Phi) is 6.34. The Balaban J connectivity index is 0. The number of benzene rings is 1. The number of hydrogen-bond donors (Lipinski definition) is 3. The van der Waals surface area contributed by atoms with Gasteiger partial charge in [0.25, 0.3) is 10.1 Å².